The van der Waals surface area contributed by atoms with E-state index in [2.05, 4.69) is 24.5 Å². The van der Waals surface area contributed by atoms with Crippen LogP contribution in [0.2, 0.25) is 0 Å². The number of anilines is 1. The van der Waals surface area contributed by atoms with Crippen molar-refractivity contribution in [2.24, 2.45) is 16.7 Å². The molecule has 4 fully saturated rings. The number of hydrogen-bond donors (Lipinski definition) is 2. The molecule has 4 bridgehead atoms. The SMILES string of the molecule is CC12CC3CC(C)(C1)CC(NC(=O)CNc1c4c(nc5c1CCC5)CCCC4)(C3)C2. The Hall–Kier alpha value is -1.58. The molecular formula is C26H37N3O. The van der Waals surface area contributed by atoms with Crippen molar-refractivity contribution >= 4 is 11.6 Å². The lowest BCUT2D eigenvalue weighted by atomic mass is 9.43. The molecule has 2 unspecified atom stereocenters. The van der Waals surface area contributed by atoms with Gasteiger partial charge < -0.3 is 10.6 Å². The van der Waals surface area contributed by atoms with Gasteiger partial charge in [-0.25, -0.2) is 0 Å². The molecule has 1 heterocycles. The molecule has 4 saturated carbocycles. The van der Waals surface area contributed by atoms with Crippen molar-refractivity contribution in [3.63, 3.8) is 0 Å². The van der Waals surface area contributed by atoms with Gasteiger partial charge in [0.2, 0.25) is 5.91 Å². The van der Waals surface area contributed by atoms with Gasteiger partial charge in [-0.05, 0) is 111 Å². The van der Waals surface area contributed by atoms with E-state index in [1.165, 1.54) is 86.0 Å². The molecule has 4 nitrogen and oxygen atoms in total. The van der Waals surface area contributed by atoms with E-state index in [0.717, 1.165) is 31.6 Å². The molecule has 1 aromatic heterocycles. The third-order valence-corrected chi connectivity index (χ3v) is 8.96. The highest BCUT2D eigenvalue weighted by atomic mass is 16.2. The first-order valence-electron chi connectivity index (χ1n) is 12.4. The zero-order valence-electron chi connectivity index (χ0n) is 18.8. The van der Waals surface area contributed by atoms with Gasteiger partial charge in [0, 0.05) is 22.6 Å². The van der Waals surface area contributed by atoms with Gasteiger partial charge in [-0.2, -0.15) is 0 Å². The van der Waals surface area contributed by atoms with E-state index < -0.39 is 0 Å². The molecule has 0 spiro atoms. The van der Waals surface area contributed by atoms with Crippen molar-refractivity contribution in [1.82, 2.24) is 10.3 Å². The number of aryl methyl sites for hydroxylation is 2. The number of aromatic nitrogens is 1. The van der Waals surface area contributed by atoms with Gasteiger partial charge in [-0.3, -0.25) is 9.78 Å². The van der Waals surface area contributed by atoms with Gasteiger partial charge in [-0.1, -0.05) is 13.8 Å². The first-order chi connectivity index (χ1) is 14.3. The van der Waals surface area contributed by atoms with E-state index in [1.54, 1.807) is 0 Å². The number of rotatable bonds is 4. The van der Waals surface area contributed by atoms with Crippen LogP contribution in [0.3, 0.4) is 0 Å². The topological polar surface area (TPSA) is 54.0 Å². The molecule has 6 aliphatic rings. The minimum Gasteiger partial charge on any atom is -0.376 e. The van der Waals surface area contributed by atoms with Crippen LogP contribution in [-0.4, -0.2) is 23.0 Å². The summed E-state index contributed by atoms with van der Waals surface area (Å²) in [6, 6.07) is 0. The molecule has 0 aliphatic heterocycles. The van der Waals surface area contributed by atoms with Crippen LogP contribution < -0.4 is 10.6 Å². The van der Waals surface area contributed by atoms with E-state index in [1.807, 2.05) is 0 Å². The predicted molar refractivity (Wildman–Crippen MR) is 120 cm³/mol. The Kier molecular flexibility index (Phi) is 4.12. The summed E-state index contributed by atoms with van der Waals surface area (Å²) in [5, 5.41) is 7.20. The van der Waals surface area contributed by atoms with Gasteiger partial charge >= 0.3 is 0 Å². The van der Waals surface area contributed by atoms with E-state index in [4.69, 9.17) is 4.98 Å². The van der Waals surface area contributed by atoms with Crippen LogP contribution in [0.4, 0.5) is 5.69 Å². The third kappa shape index (κ3) is 3.08. The Morgan fingerprint density at radius 1 is 0.900 bits per heavy atom. The summed E-state index contributed by atoms with van der Waals surface area (Å²) >= 11 is 0. The number of nitrogens with one attached hydrogen (secondary N) is 2. The minimum absolute atomic E-state index is 0.0430. The summed E-state index contributed by atoms with van der Waals surface area (Å²) in [5.74, 6) is 0.997. The average molecular weight is 408 g/mol. The largest absolute Gasteiger partial charge is 0.376 e. The summed E-state index contributed by atoms with van der Waals surface area (Å²) < 4.78 is 0. The number of hydrogen-bond acceptors (Lipinski definition) is 3. The fraction of sp³-hybridized carbons (Fsp3) is 0.769. The summed E-state index contributed by atoms with van der Waals surface area (Å²) in [7, 11) is 0. The van der Waals surface area contributed by atoms with Crippen molar-refractivity contribution in [2.45, 2.75) is 103 Å². The second-order valence-corrected chi connectivity index (χ2v) is 12.2. The average Bonchev–Trinajstić information content (AvgIpc) is 3.09. The number of carbonyl (C=O) groups is 1. The number of carbonyl (C=O) groups excluding carboxylic acids is 1. The van der Waals surface area contributed by atoms with Crippen LogP contribution >= 0.6 is 0 Å². The van der Waals surface area contributed by atoms with Crippen molar-refractivity contribution in [3.05, 3.63) is 22.5 Å². The van der Waals surface area contributed by atoms with Crippen LogP contribution in [0.5, 0.6) is 0 Å². The molecule has 1 amide bonds. The van der Waals surface area contributed by atoms with Gasteiger partial charge in [0.15, 0.2) is 0 Å². The molecule has 0 saturated heterocycles. The Bertz CT molecular complexity index is 888. The molecule has 7 rings (SSSR count). The maximum Gasteiger partial charge on any atom is 0.239 e. The summed E-state index contributed by atoms with van der Waals surface area (Å²) in [6.07, 6.45) is 15.8. The fourth-order valence-electron chi connectivity index (χ4n) is 9.06. The number of pyridine rings is 1. The second kappa shape index (κ2) is 6.46. The normalized spacial score (nSPS) is 38.3. The zero-order chi connectivity index (χ0) is 20.6. The van der Waals surface area contributed by atoms with Gasteiger partial charge in [0.25, 0.3) is 0 Å². The fourth-order valence-corrected chi connectivity index (χ4v) is 9.06. The molecule has 6 aliphatic carbocycles. The highest BCUT2D eigenvalue weighted by molar-refractivity contribution is 5.82. The molecular weight excluding hydrogens is 370 g/mol. The summed E-state index contributed by atoms with van der Waals surface area (Å²) in [5.41, 5.74) is 7.57. The van der Waals surface area contributed by atoms with E-state index in [0.29, 0.717) is 17.4 Å². The third-order valence-electron chi connectivity index (χ3n) is 8.96. The van der Waals surface area contributed by atoms with Crippen molar-refractivity contribution in [2.75, 3.05) is 11.9 Å². The lowest BCUT2D eigenvalue weighted by molar-refractivity contribution is -0.138. The van der Waals surface area contributed by atoms with Crippen molar-refractivity contribution in [3.8, 4) is 0 Å². The summed E-state index contributed by atoms with van der Waals surface area (Å²) in [6.45, 7) is 5.35. The zero-order valence-corrected chi connectivity index (χ0v) is 18.8. The van der Waals surface area contributed by atoms with Crippen molar-refractivity contribution in [1.29, 1.82) is 0 Å². The van der Waals surface area contributed by atoms with Gasteiger partial charge in [0.1, 0.15) is 0 Å². The lowest BCUT2D eigenvalue weighted by Gasteiger charge is -2.65. The quantitative estimate of drug-likeness (QED) is 0.759. The smallest absolute Gasteiger partial charge is 0.239 e. The first-order valence-corrected chi connectivity index (χ1v) is 12.4. The minimum atomic E-state index is 0.0430. The van der Waals surface area contributed by atoms with E-state index in [9.17, 15) is 4.79 Å². The Morgan fingerprint density at radius 3 is 2.23 bits per heavy atom. The number of fused-ring (bicyclic) bond motifs is 2. The van der Waals surface area contributed by atoms with Gasteiger partial charge in [-0.15, -0.1) is 0 Å². The predicted octanol–water partition coefficient (Wildman–Crippen LogP) is 4.73. The first kappa shape index (κ1) is 19.1. The molecule has 1 aromatic rings. The maximum absolute atomic E-state index is 13.2. The molecule has 0 aromatic carbocycles. The highest BCUT2D eigenvalue weighted by Crippen LogP contribution is 2.66. The molecule has 2 atom stereocenters. The van der Waals surface area contributed by atoms with Crippen LogP contribution in [0.15, 0.2) is 0 Å². The van der Waals surface area contributed by atoms with Crippen LogP contribution in [0.25, 0.3) is 0 Å². The van der Waals surface area contributed by atoms with Crippen molar-refractivity contribution < 1.29 is 4.79 Å². The molecule has 4 heteroatoms. The molecule has 30 heavy (non-hydrogen) atoms. The van der Waals surface area contributed by atoms with Crippen LogP contribution in [0.1, 0.15) is 94.1 Å². The molecule has 162 valence electrons. The monoisotopic (exact) mass is 407 g/mol. The maximum atomic E-state index is 13.2. The standard InChI is InChI=1S/C26H37N3O/c1-24-10-17-11-25(2,14-24)16-26(12-17,15-24)29-22(30)13-27-23-18-6-3-4-8-20(18)28-21-9-5-7-19(21)23/h17H,3-16H2,1-2H3,(H,27,28)(H,29,30). The molecule has 0 radical (unpaired) electrons. The second-order valence-electron chi connectivity index (χ2n) is 12.2. The Morgan fingerprint density at radius 2 is 1.53 bits per heavy atom. The molecule has 2 N–H and O–H groups in total. The van der Waals surface area contributed by atoms with E-state index >= 15 is 0 Å². The summed E-state index contributed by atoms with van der Waals surface area (Å²) in [4.78, 5) is 18.2. The van der Waals surface area contributed by atoms with Gasteiger partial charge in [0.05, 0.1) is 6.54 Å². The van der Waals surface area contributed by atoms with Crippen LogP contribution in [-0.2, 0) is 30.5 Å². The number of amides is 1. The Balaban J connectivity index is 1.20. The number of nitrogens with zero attached hydrogens (tertiary/aromatic N) is 1. The highest BCUT2D eigenvalue weighted by Gasteiger charge is 2.60. The van der Waals surface area contributed by atoms with Crippen LogP contribution in [0, 0.1) is 16.7 Å². The Labute approximate surface area is 181 Å². The lowest BCUT2D eigenvalue weighted by Crippen LogP contribution is -2.65. The van der Waals surface area contributed by atoms with E-state index in [-0.39, 0.29) is 11.4 Å².